The Hall–Kier alpha value is -2.19. The highest BCUT2D eigenvalue weighted by Crippen LogP contribution is 2.26. The number of aromatic amines is 1. The minimum Gasteiger partial charge on any atom is -0.368 e. The summed E-state index contributed by atoms with van der Waals surface area (Å²) >= 11 is 0. The first-order valence-electron chi connectivity index (χ1n) is 5.05. The second-order valence-electron chi connectivity index (χ2n) is 3.44. The van der Waals surface area contributed by atoms with Crippen LogP contribution in [0.2, 0.25) is 0 Å². The molecule has 2 aromatic heterocycles. The molecule has 0 aliphatic carbocycles. The van der Waals surface area contributed by atoms with Gasteiger partial charge in [0, 0.05) is 13.0 Å². The molecule has 0 fully saturated rings. The Balaban J connectivity index is 1.87. The van der Waals surface area contributed by atoms with Crippen LogP contribution < -0.4 is 5.32 Å². The van der Waals surface area contributed by atoms with Crippen molar-refractivity contribution < 1.29 is 13.2 Å². The van der Waals surface area contributed by atoms with Crippen molar-refractivity contribution >= 4 is 5.82 Å². The van der Waals surface area contributed by atoms with Crippen molar-refractivity contribution in [1.82, 2.24) is 25.6 Å². The summed E-state index contributed by atoms with van der Waals surface area (Å²) in [6.07, 6.45) is -2.31. The number of nitrogens with one attached hydrogen (secondary N) is 2. The average Bonchev–Trinajstić information content (AvgIpc) is 2.82. The summed E-state index contributed by atoms with van der Waals surface area (Å²) < 4.78 is 36.6. The molecule has 0 saturated carbocycles. The molecular weight excluding hydrogens is 249 g/mol. The van der Waals surface area contributed by atoms with Crippen LogP contribution >= 0.6 is 0 Å². The second kappa shape index (κ2) is 4.98. The van der Waals surface area contributed by atoms with Gasteiger partial charge in [0.1, 0.15) is 5.82 Å². The van der Waals surface area contributed by atoms with Gasteiger partial charge in [-0.05, 0) is 12.1 Å². The normalized spacial score (nSPS) is 11.5. The summed E-state index contributed by atoms with van der Waals surface area (Å²) in [6, 6.07) is 2.12. The molecule has 0 spiro atoms. The third-order valence-electron chi connectivity index (χ3n) is 2.11. The van der Waals surface area contributed by atoms with Crippen LogP contribution in [0.1, 0.15) is 11.4 Å². The largest absolute Gasteiger partial charge is 0.435 e. The van der Waals surface area contributed by atoms with Crippen molar-refractivity contribution in [2.24, 2.45) is 0 Å². The molecule has 0 unspecified atom stereocenters. The van der Waals surface area contributed by atoms with Crippen molar-refractivity contribution in [2.75, 3.05) is 11.9 Å². The lowest BCUT2D eigenvalue weighted by Crippen LogP contribution is -2.11. The first-order valence-corrected chi connectivity index (χ1v) is 5.05. The zero-order valence-electron chi connectivity index (χ0n) is 9.07. The summed E-state index contributed by atoms with van der Waals surface area (Å²) in [7, 11) is 0. The van der Waals surface area contributed by atoms with Crippen LogP contribution in [0.15, 0.2) is 18.3 Å². The number of hydrogen-bond acceptors (Lipinski definition) is 5. The molecule has 0 radical (unpaired) electrons. The first-order chi connectivity index (χ1) is 8.55. The fourth-order valence-corrected chi connectivity index (χ4v) is 1.24. The van der Waals surface area contributed by atoms with E-state index in [1.165, 1.54) is 6.07 Å². The molecule has 0 aliphatic rings. The maximum absolute atomic E-state index is 12.2. The minimum absolute atomic E-state index is 0.284. The van der Waals surface area contributed by atoms with Gasteiger partial charge in [-0.1, -0.05) is 0 Å². The van der Waals surface area contributed by atoms with Crippen LogP contribution in [0.5, 0.6) is 0 Å². The van der Waals surface area contributed by atoms with Crippen molar-refractivity contribution in [3.8, 4) is 0 Å². The quantitative estimate of drug-likeness (QED) is 0.863. The van der Waals surface area contributed by atoms with Gasteiger partial charge in [-0.3, -0.25) is 0 Å². The van der Waals surface area contributed by atoms with Gasteiger partial charge in [0.15, 0.2) is 5.69 Å². The number of nitrogens with zero attached hydrogens (tertiary/aromatic N) is 4. The van der Waals surface area contributed by atoms with Crippen molar-refractivity contribution in [3.05, 3.63) is 29.7 Å². The number of alkyl halides is 3. The first kappa shape index (κ1) is 12.3. The zero-order chi connectivity index (χ0) is 13.0. The van der Waals surface area contributed by atoms with Crippen LogP contribution in [-0.4, -0.2) is 32.2 Å². The second-order valence-corrected chi connectivity index (χ2v) is 3.44. The topological polar surface area (TPSA) is 79.4 Å². The molecule has 0 amide bonds. The van der Waals surface area contributed by atoms with Gasteiger partial charge in [0.25, 0.3) is 0 Å². The van der Waals surface area contributed by atoms with Crippen LogP contribution in [0.3, 0.4) is 0 Å². The van der Waals surface area contributed by atoms with E-state index in [2.05, 4.69) is 30.9 Å². The van der Waals surface area contributed by atoms with E-state index in [0.29, 0.717) is 13.0 Å². The SMILES string of the molecule is FC(F)(F)c1ccc(NCCc2cn[nH]n2)nn1. The molecule has 2 aromatic rings. The van der Waals surface area contributed by atoms with Crippen molar-refractivity contribution in [2.45, 2.75) is 12.6 Å². The molecule has 0 bridgehead atoms. The smallest absolute Gasteiger partial charge is 0.368 e. The van der Waals surface area contributed by atoms with Gasteiger partial charge in [0.05, 0.1) is 11.9 Å². The van der Waals surface area contributed by atoms with E-state index in [0.717, 1.165) is 11.8 Å². The predicted octanol–water partition coefficient (Wildman–Crippen LogP) is 1.27. The lowest BCUT2D eigenvalue weighted by atomic mass is 10.3. The number of H-pyrrole nitrogens is 1. The van der Waals surface area contributed by atoms with E-state index >= 15 is 0 Å². The highest BCUT2D eigenvalue weighted by molar-refractivity contribution is 5.33. The van der Waals surface area contributed by atoms with Gasteiger partial charge in [0.2, 0.25) is 0 Å². The molecular formula is C9H9F3N6. The van der Waals surface area contributed by atoms with Gasteiger partial charge in [-0.25, -0.2) is 0 Å². The summed E-state index contributed by atoms with van der Waals surface area (Å²) in [6.45, 7) is 0.479. The van der Waals surface area contributed by atoms with Gasteiger partial charge in [-0.2, -0.15) is 28.6 Å². The van der Waals surface area contributed by atoms with Crippen molar-refractivity contribution in [1.29, 1.82) is 0 Å². The summed E-state index contributed by atoms with van der Waals surface area (Å²) in [5.74, 6) is 0.284. The van der Waals surface area contributed by atoms with Crippen LogP contribution in [0.4, 0.5) is 19.0 Å². The van der Waals surface area contributed by atoms with Gasteiger partial charge in [-0.15, -0.1) is 10.2 Å². The maximum Gasteiger partial charge on any atom is 0.435 e. The van der Waals surface area contributed by atoms with Crippen LogP contribution in [-0.2, 0) is 12.6 Å². The number of hydrogen-bond donors (Lipinski definition) is 2. The van der Waals surface area contributed by atoms with E-state index in [4.69, 9.17) is 0 Å². The summed E-state index contributed by atoms with van der Waals surface area (Å²) in [5, 5.41) is 19.3. The predicted molar refractivity (Wildman–Crippen MR) is 55.6 cm³/mol. The lowest BCUT2D eigenvalue weighted by molar-refractivity contribution is -0.141. The Morgan fingerprint density at radius 2 is 2.06 bits per heavy atom. The van der Waals surface area contributed by atoms with Gasteiger partial charge < -0.3 is 5.32 Å². The van der Waals surface area contributed by atoms with E-state index in [9.17, 15) is 13.2 Å². The minimum atomic E-state index is -4.47. The van der Waals surface area contributed by atoms with Crippen LogP contribution in [0.25, 0.3) is 0 Å². The van der Waals surface area contributed by atoms with Crippen LogP contribution in [0, 0.1) is 0 Å². The number of anilines is 1. The molecule has 18 heavy (non-hydrogen) atoms. The monoisotopic (exact) mass is 258 g/mol. The molecule has 2 heterocycles. The number of aromatic nitrogens is 5. The highest BCUT2D eigenvalue weighted by Gasteiger charge is 2.32. The number of rotatable bonds is 4. The fraction of sp³-hybridized carbons (Fsp3) is 0.333. The lowest BCUT2D eigenvalue weighted by Gasteiger charge is -2.06. The molecule has 2 N–H and O–H groups in total. The molecule has 6 nitrogen and oxygen atoms in total. The number of halogens is 3. The molecule has 0 aliphatic heterocycles. The van der Waals surface area contributed by atoms with Crippen molar-refractivity contribution in [3.63, 3.8) is 0 Å². The highest BCUT2D eigenvalue weighted by atomic mass is 19.4. The Kier molecular flexibility index (Phi) is 3.40. The Morgan fingerprint density at radius 1 is 1.22 bits per heavy atom. The van der Waals surface area contributed by atoms with E-state index in [1.807, 2.05) is 0 Å². The van der Waals surface area contributed by atoms with Gasteiger partial charge >= 0.3 is 6.18 Å². The molecule has 0 atom stereocenters. The third kappa shape index (κ3) is 3.15. The average molecular weight is 258 g/mol. The fourth-order valence-electron chi connectivity index (χ4n) is 1.24. The molecule has 96 valence electrons. The summed E-state index contributed by atoms with van der Waals surface area (Å²) in [5.41, 5.74) is -0.257. The van der Waals surface area contributed by atoms with E-state index in [1.54, 1.807) is 6.20 Å². The maximum atomic E-state index is 12.2. The molecule has 9 heteroatoms. The molecule has 0 aromatic carbocycles. The summed E-state index contributed by atoms with van der Waals surface area (Å²) in [4.78, 5) is 0. The Morgan fingerprint density at radius 3 is 2.61 bits per heavy atom. The van der Waals surface area contributed by atoms with E-state index in [-0.39, 0.29) is 5.82 Å². The van der Waals surface area contributed by atoms with E-state index < -0.39 is 11.9 Å². The zero-order valence-corrected chi connectivity index (χ0v) is 9.07. The Labute approximate surface area is 99.6 Å². The Bertz CT molecular complexity index is 478. The third-order valence-corrected chi connectivity index (χ3v) is 2.11. The molecule has 2 rings (SSSR count). The standard InChI is InChI=1S/C9H9F3N6/c10-9(11,12)7-1-2-8(17-16-7)13-4-3-6-5-14-18-15-6/h1-2,5H,3-4H2,(H,13,17)(H,14,15,18). The molecule has 0 saturated heterocycles.